The van der Waals surface area contributed by atoms with Crippen molar-refractivity contribution in [1.29, 1.82) is 0 Å². The van der Waals surface area contributed by atoms with Crippen molar-refractivity contribution in [3.63, 3.8) is 0 Å². The Balaban J connectivity index is 1.85. The summed E-state index contributed by atoms with van der Waals surface area (Å²) >= 11 is 0. The van der Waals surface area contributed by atoms with Crippen molar-refractivity contribution >= 4 is 11.9 Å². The molecule has 2 N–H and O–H groups in total. The largest absolute Gasteiger partial charge is 0.481 e. The summed E-state index contributed by atoms with van der Waals surface area (Å²) < 4.78 is 0. The first-order chi connectivity index (χ1) is 13.6. The van der Waals surface area contributed by atoms with Crippen molar-refractivity contribution in [2.75, 3.05) is 0 Å². The molecule has 1 aliphatic rings. The van der Waals surface area contributed by atoms with Crippen LogP contribution < -0.4 is 0 Å². The van der Waals surface area contributed by atoms with Crippen LogP contribution in [0.5, 0.6) is 0 Å². The summed E-state index contributed by atoms with van der Waals surface area (Å²) in [7, 11) is 0. The van der Waals surface area contributed by atoms with Crippen molar-refractivity contribution in [3.05, 3.63) is 34.4 Å². The van der Waals surface area contributed by atoms with E-state index in [4.69, 9.17) is 0 Å². The van der Waals surface area contributed by atoms with Crippen molar-refractivity contribution in [1.82, 2.24) is 0 Å². The van der Waals surface area contributed by atoms with Crippen LogP contribution in [0.3, 0.4) is 0 Å². The van der Waals surface area contributed by atoms with Gasteiger partial charge in [0.1, 0.15) is 0 Å². The van der Waals surface area contributed by atoms with Gasteiger partial charge in [0.05, 0.1) is 10.8 Å². The first kappa shape index (κ1) is 23.4. The lowest BCUT2D eigenvalue weighted by molar-refractivity contribution is -0.147. The van der Waals surface area contributed by atoms with Gasteiger partial charge >= 0.3 is 11.9 Å². The normalized spacial score (nSPS) is 15.3. The van der Waals surface area contributed by atoms with Crippen LogP contribution in [0.4, 0.5) is 0 Å². The summed E-state index contributed by atoms with van der Waals surface area (Å²) in [6.45, 7) is 7.95. The van der Waals surface area contributed by atoms with Crippen molar-refractivity contribution in [2.45, 2.75) is 98.3 Å². The van der Waals surface area contributed by atoms with Crippen LogP contribution in [0.15, 0.2) is 12.1 Å². The van der Waals surface area contributed by atoms with Gasteiger partial charge in [-0.3, -0.25) is 9.59 Å². The molecule has 29 heavy (non-hydrogen) atoms. The van der Waals surface area contributed by atoms with Gasteiger partial charge in [0.15, 0.2) is 0 Å². The Hall–Kier alpha value is -1.84. The standard InChI is InChI=1S/C25H38O4/c1-18-12-13-19(2)21(11-7-9-14-24(3,4)22(26)27)20(18)10-6-5-8-15-25(16-17-25)23(28)29/h12-13H,5-11,14-17H2,1-4H3,(H,26,27)(H,28,29). The fourth-order valence-electron chi connectivity index (χ4n) is 4.26. The maximum Gasteiger partial charge on any atom is 0.309 e. The predicted molar refractivity (Wildman–Crippen MR) is 116 cm³/mol. The maximum atomic E-state index is 11.3. The molecule has 0 bridgehead atoms. The van der Waals surface area contributed by atoms with Crippen molar-refractivity contribution in [2.24, 2.45) is 10.8 Å². The Kier molecular flexibility index (Phi) is 7.90. The first-order valence-corrected chi connectivity index (χ1v) is 11.1. The highest BCUT2D eigenvalue weighted by Gasteiger charge is 2.49. The zero-order chi connectivity index (χ0) is 21.7. The lowest BCUT2D eigenvalue weighted by atomic mass is 9.85. The third kappa shape index (κ3) is 6.32. The lowest BCUT2D eigenvalue weighted by Crippen LogP contribution is -2.23. The van der Waals surface area contributed by atoms with Gasteiger partial charge in [-0.2, -0.15) is 0 Å². The number of carbonyl (C=O) groups is 2. The van der Waals surface area contributed by atoms with Gasteiger partial charge < -0.3 is 10.2 Å². The van der Waals surface area contributed by atoms with E-state index in [0.717, 1.165) is 64.2 Å². The second-order valence-electron chi connectivity index (χ2n) is 9.70. The minimum atomic E-state index is -0.721. The summed E-state index contributed by atoms with van der Waals surface area (Å²) in [6.07, 6.45) is 10.4. The number of rotatable bonds is 13. The Morgan fingerprint density at radius 3 is 1.86 bits per heavy atom. The summed E-state index contributed by atoms with van der Waals surface area (Å²) in [5.41, 5.74) is 4.49. The maximum absolute atomic E-state index is 11.3. The van der Waals surface area contributed by atoms with E-state index in [1.54, 1.807) is 13.8 Å². The van der Waals surface area contributed by atoms with Gasteiger partial charge in [0, 0.05) is 0 Å². The van der Waals surface area contributed by atoms with E-state index in [1.165, 1.54) is 22.3 Å². The number of carboxylic acids is 2. The SMILES string of the molecule is Cc1ccc(C)c(CCCCC(C)(C)C(=O)O)c1CCCCCC1(C(=O)O)CC1. The van der Waals surface area contributed by atoms with E-state index < -0.39 is 22.8 Å². The van der Waals surface area contributed by atoms with E-state index in [1.807, 2.05) is 0 Å². The van der Waals surface area contributed by atoms with E-state index in [-0.39, 0.29) is 0 Å². The lowest BCUT2D eigenvalue weighted by Gasteiger charge is -2.20. The Bertz CT molecular complexity index is 729. The molecule has 0 atom stereocenters. The molecule has 1 aromatic rings. The minimum Gasteiger partial charge on any atom is -0.481 e. The van der Waals surface area contributed by atoms with Crippen molar-refractivity contribution < 1.29 is 19.8 Å². The van der Waals surface area contributed by atoms with Gasteiger partial charge in [-0.05, 0) is 101 Å². The predicted octanol–water partition coefficient (Wildman–Crippen LogP) is 6.09. The van der Waals surface area contributed by atoms with E-state index in [0.29, 0.717) is 6.42 Å². The van der Waals surface area contributed by atoms with Crippen LogP contribution in [0.1, 0.15) is 93.9 Å². The molecule has 0 saturated heterocycles. The molecule has 1 aromatic carbocycles. The summed E-state index contributed by atoms with van der Waals surface area (Å²) in [6, 6.07) is 4.39. The van der Waals surface area contributed by atoms with Gasteiger partial charge in [-0.25, -0.2) is 0 Å². The number of aryl methyl sites for hydroxylation is 2. The van der Waals surface area contributed by atoms with E-state index in [2.05, 4.69) is 26.0 Å². The fraction of sp³-hybridized carbons (Fsp3) is 0.680. The topological polar surface area (TPSA) is 74.6 Å². The summed E-state index contributed by atoms with van der Waals surface area (Å²) in [5.74, 6) is -1.33. The number of aliphatic carboxylic acids is 2. The highest BCUT2D eigenvalue weighted by Crippen LogP contribution is 2.50. The number of benzene rings is 1. The number of carboxylic acid groups (broad SMARTS) is 2. The van der Waals surface area contributed by atoms with E-state index in [9.17, 15) is 19.8 Å². The number of hydrogen-bond donors (Lipinski definition) is 2. The zero-order valence-electron chi connectivity index (χ0n) is 18.6. The molecular weight excluding hydrogens is 364 g/mol. The molecule has 1 saturated carbocycles. The fourth-order valence-corrected chi connectivity index (χ4v) is 4.26. The quantitative estimate of drug-likeness (QED) is 0.391. The summed E-state index contributed by atoms with van der Waals surface area (Å²) in [4.78, 5) is 22.6. The van der Waals surface area contributed by atoms with Crippen LogP contribution in [0, 0.1) is 24.7 Å². The molecule has 0 amide bonds. The third-order valence-electron chi connectivity index (χ3n) is 6.85. The average Bonchev–Trinajstić information content (AvgIpc) is 3.43. The molecule has 0 radical (unpaired) electrons. The smallest absolute Gasteiger partial charge is 0.309 e. The second kappa shape index (κ2) is 9.77. The Labute approximate surface area is 175 Å². The van der Waals surface area contributed by atoms with Crippen LogP contribution in [-0.4, -0.2) is 22.2 Å². The molecule has 2 rings (SSSR count). The number of unbranched alkanes of at least 4 members (excludes halogenated alkanes) is 3. The molecule has 0 aromatic heterocycles. The highest BCUT2D eigenvalue weighted by atomic mass is 16.4. The Morgan fingerprint density at radius 1 is 0.897 bits per heavy atom. The monoisotopic (exact) mass is 402 g/mol. The molecular formula is C25H38O4. The molecule has 0 heterocycles. The third-order valence-corrected chi connectivity index (χ3v) is 6.85. The van der Waals surface area contributed by atoms with Gasteiger partial charge in [0.25, 0.3) is 0 Å². The van der Waals surface area contributed by atoms with Crippen LogP contribution in [0.2, 0.25) is 0 Å². The highest BCUT2D eigenvalue weighted by molar-refractivity contribution is 5.77. The average molecular weight is 403 g/mol. The van der Waals surface area contributed by atoms with Gasteiger partial charge in [-0.1, -0.05) is 31.4 Å². The van der Waals surface area contributed by atoms with Crippen LogP contribution >= 0.6 is 0 Å². The second-order valence-corrected chi connectivity index (χ2v) is 9.70. The first-order valence-electron chi connectivity index (χ1n) is 11.1. The summed E-state index contributed by atoms with van der Waals surface area (Å²) in [5, 5.41) is 18.6. The molecule has 4 heteroatoms. The molecule has 4 nitrogen and oxygen atoms in total. The van der Waals surface area contributed by atoms with Crippen LogP contribution in [0.25, 0.3) is 0 Å². The van der Waals surface area contributed by atoms with Crippen molar-refractivity contribution in [3.8, 4) is 0 Å². The van der Waals surface area contributed by atoms with Gasteiger partial charge in [0.2, 0.25) is 0 Å². The Morgan fingerprint density at radius 2 is 1.41 bits per heavy atom. The molecule has 1 aliphatic carbocycles. The molecule has 0 spiro atoms. The van der Waals surface area contributed by atoms with Crippen LogP contribution in [-0.2, 0) is 22.4 Å². The minimum absolute atomic E-state index is 0.395. The molecule has 0 aliphatic heterocycles. The van der Waals surface area contributed by atoms with E-state index >= 15 is 0 Å². The molecule has 162 valence electrons. The number of hydrogen-bond acceptors (Lipinski definition) is 2. The zero-order valence-corrected chi connectivity index (χ0v) is 18.6. The van der Waals surface area contributed by atoms with Gasteiger partial charge in [-0.15, -0.1) is 0 Å². The molecule has 1 fully saturated rings. The molecule has 0 unspecified atom stereocenters.